The van der Waals surface area contributed by atoms with Gasteiger partial charge in [0.05, 0.1) is 23.0 Å². The molecule has 0 saturated carbocycles. The van der Waals surface area contributed by atoms with Gasteiger partial charge in [-0.1, -0.05) is 41.4 Å². The van der Waals surface area contributed by atoms with Crippen molar-refractivity contribution in [1.82, 2.24) is 10.6 Å². The van der Waals surface area contributed by atoms with E-state index < -0.39 is 0 Å². The Morgan fingerprint density at radius 1 is 1.08 bits per heavy atom. The lowest BCUT2D eigenvalue weighted by molar-refractivity contribution is -0.121. The van der Waals surface area contributed by atoms with Crippen LogP contribution in [0.25, 0.3) is 0 Å². The van der Waals surface area contributed by atoms with Crippen LogP contribution in [-0.4, -0.2) is 31.4 Å². The van der Waals surface area contributed by atoms with Crippen molar-refractivity contribution in [3.8, 4) is 0 Å². The maximum absolute atomic E-state index is 12.1. The number of hydrogen-bond acceptors (Lipinski definition) is 3. The summed E-state index contributed by atoms with van der Waals surface area (Å²) in [6.45, 7) is 2.28. The highest BCUT2D eigenvalue weighted by Crippen LogP contribution is 2.22. The molecule has 3 rings (SSSR count). The third-order valence-corrected chi connectivity index (χ3v) is 4.92. The maximum Gasteiger partial charge on any atom is 0.239 e. The van der Waals surface area contributed by atoms with Crippen LogP contribution < -0.4 is 15.5 Å². The Kier molecular flexibility index (Phi) is 6.01. The maximum atomic E-state index is 12.1. The number of nitrogens with zero attached hydrogens (tertiary/aromatic N) is 1. The first-order valence-corrected chi connectivity index (χ1v) is 9.08. The number of hydrogen-bond donors (Lipinski definition) is 2. The first-order valence-electron chi connectivity index (χ1n) is 8.32. The number of piperazine rings is 1. The van der Waals surface area contributed by atoms with Gasteiger partial charge >= 0.3 is 0 Å². The van der Waals surface area contributed by atoms with E-state index in [2.05, 4.69) is 10.6 Å². The fraction of sp³-hybridized carbons (Fsp3) is 0.263. The van der Waals surface area contributed by atoms with Crippen LogP contribution in [0.1, 0.15) is 11.1 Å². The zero-order valence-corrected chi connectivity index (χ0v) is 15.6. The van der Waals surface area contributed by atoms with Crippen molar-refractivity contribution in [3.05, 3.63) is 63.6 Å². The van der Waals surface area contributed by atoms with E-state index in [1.807, 2.05) is 29.2 Å². The summed E-state index contributed by atoms with van der Waals surface area (Å²) in [5.74, 6) is -0.0462. The molecule has 0 spiro atoms. The Morgan fingerprint density at radius 3 is 2.50 bits per heavy atom. The van der Waals surface area contributed by atoms with Crippen LogP contribution in [0.3, 0.4) is 0 Å². The Bertz CT molecular complexity index is 809. The van der Waals surface area contributed by atoms with E-state index in [1.165, 1.54) is 0 Å². The Balaban J connectivity index is 1.51. The summed E-state index contributed by atoms with van der Waals surface area (Å²) in [4.78, 5) is 25.6. The molecule has 0 bridgehead atoms. The van der Waals surface area contributed by atoms with E-state index in [0.29, 0.717) is 29.7 Å². The van der Waals surface area contributed by atoms with Crippen molar-refractivity contribution >= 4 is 40.7 Å². The highest BCUT2D eigenvalue weighted by Gasteiger charge is 2.16. The third-order valence-electron chi connectivity index (χ3n) is 4.18. The molecule has 2 aromatic rings. The van der Waals surface area contributed by atoms with Crippen molar-refractivity contribution < 1.29 is 9.59 Å². The van der Waals surface area contributed by atoms with E-state index in [1.54, 1.807) is 18.2 Å². The third kappa shape index (κ3) is 4.90. The van der Waals surface area contributed by atoms with Crippen molar-refractivity contribution in [2.75, 3.05) is 24.5 Å². The number of anilines is 1. The van der Waals surface area contributed by atoms with Crippen molar-refractivity contribution in [2.45, 2.75) is 13.0 Å². The molecule has 2 aromatic carbocycles. The molecule has 2 amide bonds. The molecular weight excluding hydrogens is 373 g/mol. The van der Waals surface area contributed by atoms with E-state index >= 15 is 0 Å². The average molecular weight is 392 g/mol. The molecule has 7 heteroatoms. The Hall–Kier alpha value is -2.24. The summed E-state index contributed by atoms with van der Waals surface area (Å²) >= 11 is 11.8. The second kappa shape index (κ2) is 8.43. The smallest absolute Gasteiger partial charge is 0.239 e. The number of carbonyl (C=O) groups excluding carboxylic acids is 2. The zero-order chi connectivity index (χ0) is 18.5. The van der Waals surface area contributed by atoms with E-state index in [0.717, 1.165) is 23.4 Å². The van der Waals surface area contributed by atoms with Crippen LogP contribution in [0, 0.1) is 0 Å². The molecule has 1 fully saturated rings. The molecule has 0 aromatic heterocycles. The molecular formula is C19H19Cl2N3O2. The second-order valence-corrected chi connectivity index (χ2v) is 6.95. The average Bonchev–Trinajstić information content (AvgIpc) is 2.63. The van der Waals surface area contributed by atoms with E-state index in [4.69, 9.17) is 23.2 Å². The first-order chi connectivity index (χ1) is 12.5. The number of benzene rings is 2. The minimum atomic E-state index is -0.0832. The second-order valence-electron chi connectivity index (χ2n) is 6.14. The van der Waals surface area contributed by atoms with Gasteiger partial charge in [-0.2, -0.15) is 0 Å². The summed E-state index contributed by atoms with van der Waals surface area (Å²) in [5, 5.41) is 6.62. The molecule has 26 heavy (non-hydrogen) atoms. The Morgan fingerprint density at radius 2 is 1.81 bits per heavy atom. The summed E-state index contributed by atoms with van der Waals surface area (Å²) in [7, 11) is 0. The van der Waals surface area contributed by atoms with Gasteiger partial charge in [-0.05, 0) is 35.4 Å². The minimum Gasteiger partial charge on any atom is -0.360 e. The van der Waals surface area contributed by atoms with Gasteiger partial charge in [0.2, 0.25) is 11.8 Å². The number of nitrogens with one attached hydrogen (secondary N) is 2. The van der Waals surface area contributed by atoms with Gasteiger partial charge in [-0.25, -0.2) is 0 Å². The summed E-state index contributed by atoms with van der Waals surface area (Å²) in [5.41, 5.74) is 2.82. The standard InChI is InChI=1S/C19H19Cl2N3O2/c20-16-6-3-14(9-17(16)21)10-18(25)23-11-13-1-4-15(5-2-13)24-8-7-22-19(26)12-24/h1-6,9H,7-8,10-12H2,(H,22,26)(H,23,25). The lowest BCUT2D eigenvalue weighted by atomic mass is 10.1. The monoisotopic (exact) mass is 391 g/mol. The van der Waals surface area contributed by atoms with E-state index in [9.17, 15) is 9.59 Å². The van der Waals surface area contributed by atoms with Crippen LogP contribution >= 0.6 is 23.2 Å². The topological polar surface area (TPSA) is 61.4 Å². The highest BCUT2D eigenvalue weighted by molar-refractivity contribution is 6.42. The van der Waals surface area contributed by atoms with Gasteiger partial charge in [0, 0.05) is 25.3 Å². The fourth-order valence-corrected chi connectivity index (χ4v) is 3.10. The lowest BCUT2D eigenvalue weighted by Crippen LogP contribution is -2.47. The SMILES string of the molecule is O=C(Cc1ccc(Cl)c(Cl)c1)NCc1ccc(N2CCNC(=O)C2)cc1. The number of carbonyl (C=O) groups is 2. The first kappa shape index (κ1) is 18.5. The van der Waals surface area contributed by atoms with Crippen LogP contribution in [0.5, 0.6) is 0 Å². The quantitative estimate of drug-likeness (QED) is 0.823. The number of amides is 2. The van der Waals surface area contributed by atoms with Crippen LogP contribution in [0.4, 0.5) is 5.69 Å². The predicted octanol–water partition coefficient (Wildman–Crippen LogP) is 2.79. The zero-order valence-electron chi connectivity index (χ0n) is 14.1. The van der Waals surface area contributed by atoms with Gasteiger partial charge in [0.1, 0.15) is 0 Å². The fourth-order valence-electron chi connectivity index (χ4n) is 2.78. The predicted molar refractivity (Wildman–Crippen MR) is 104 cm³/mol. The summed E-state index contributed by atoms with van der Waals surface area (Å²) in [6.07, 6.45) is 0.248. The normalized spacial score (nSPS) is 14.1. The van der Waals surface area contributed by atoms with Gasteiger partial charge in [0.25, 0.3) is 0 Å². The van der Waals surface area contributed by atoms with Crippen molar-refractivity contribution in [1.29, 1.82) is 0 Å². The van der Waals surface area contributed by atoms with E-state index in [-0.39, 0.29) is 18.2 Å². The highest BCUT2D eigenvalue weighted by atomic mass is 35.5. The molecule has 2 N–H and O–H groups in total. The molecule has 0 atom stereocenters. The molecule has 5 nitrogen and oxygen atoms in total. The van der Waals surface area contributed by atoms with Gasteiger partial charge in [0.15, 0.2) is 0 Å². The summed E-state index contributed by atoms with van der Waals surface area (Å²) < 4.78 is 0. The van der Waals surface area contributed by atoms with Crippen LogP contribution in [0.15, 0.2) is 42.5 Å². The van der Waals surface area contributed by atoms with Crippen molar-refractivity contribution in [2.24, 2.45) is 0 Å². The molecule has 1 heterocycles. The molecule has 1 aliphatic rings. The summed E-state index contributed by atoms with van der Waals surface area (Å²) in [6, 6.07) is 13.0. The molecule has 0 unspecified atom stereocenters. The molecule has 0 aliphatic carbocycles. The van der Waals surface area contributed by atoms with Gasteiger partial charge in [-0.15, -0.1) is 0 Å². The number of halogens is 2. The van der Waals surface area contributed by atoms with Crippen LogP contribution in [0.2, 0.25) is 10.0 Å². The number of rotatable bonds is 5. The molecule has 0 radical (unpaired) electrons. The lowest BCUT2D eigenvalue weighted by Gasteiger charge is -2.28. The van der Waals surface area contributed by atoms with Crippen molar-refractivity contribution in [3.63, 3.8) is 0 Å². The van der Waals surface area contributed by atoms with Crippen LogP contribution in [-0.2, 0) is 22.6 Å². The molecule has 1 aliphatic heterocycles. The van der Waals surface area contributed by atoms with Gasteiger partial charge < -0.3 is 15.5 Å². The Labute approximate surface area is 162 Å². The molecule has 1 saturated heterocycles. The minimum absolute atomic E-state index is 0.0369. The largest absolute Gasteiger partial charge is 0.360 e. The van der Waals surface area contributed by atoms with Gasteiger partial charge in [-0.3, -0.25) is 9.59 Å². The molecule has 136 valence electrons.